The van der Waals surface area contributed by atoms with E-state index in [1.165, 1.54) is 25.7 Å². The summed E-state index contributed by atoms with van der Waals surface area (Å²) in [5.41, 5.74) is 0.438. The largest absolute Gasteiger partial charge is 0.356 e. The minimum atomic E-state index is 0.190. The number of amides is 1. The van der Waals surface area contributed by atoms with Gasteiger partial charge in [-0.1, -0.05) is 20.3 Å². The molecule has 1 amide bonds. The Morgan fingerprint density at radius 3 is 2.53 bits per heavy atom. The van der Waals surface area contributed by atoms with Crippen LogP contribution < -0.4 is 10.6 Å². The van der Waals surface area contributed by atoms with Crippen molar-refractivity contribution in [1.82, 2.24) is 10.6 Å². The van der Waals surface area contributed by atoms with Gasteiger partial charge in [0.2, 0.25) is 5.91 Å². The molecule has 15 heavy (non-hydrogen) atoms. The van der Waals surface area contributed by atoms with Gasteiger partial charge in [-0.25, -0.2) is 0 Å². The van der Waals surface area contributed by atoms with Crippen molar-refractivity contribution in [3.05, 3.63) is 0 Å². The molecule has 0 aromatic carbocycles. The topological polar surface area (TPSA) is 41.1 Å². The number of hydrogen-bond acceptors (Lipinski definition) is 2. The van der Waals surface area contributed by atoms with E-state index in [-0.39, 0.29) is 5.91 Å². The minimum Gasteiger partial charge on any atom is -0.356 e. The van der Waals surface area contributed by atoms with Crippen molar-refractivity contribution in [2.75, 3.05) is 19.6 Å². The molecule has 1 saturated carbocycles. The van der Waals surface area contributed by atoms with Crippen molar-refractivity contribution in [3.63, 3.8) is 0 Å². The van der Waals surface area contributed by atoms with E-state index in [4.69, 9.17) is 0 Å². The summed E-state index contributed by atoms with van der Waals surface area (Å²) in [7, 11) is 0. The molecular formula is C12H24N2O. The maximum Gasteiger partial charge on any atom is 0.221 e. The van der Waals surface area contributed by atoms with Gasteiger partial charge in [0.15, 0.2) is 0 Å². The van der Waals surface area contributed by atoms with E-state index >= 15 is 0 Å². The molecule has 0 aromatic heterocycles. The van der Waals surface area contributed by atoms with Crippen molar-refractivity contribution >= 4 is 5.91 Å². The second-order valence-corrected chi connectivity index (χ2v) is 4.59. The highest BCUT2D eigenvalue weighted by molar-refractivity contribution is 5.76. The average molecular weight is 212 g/mol. The maximum atomic E-state index is 11.5. The predicted octanol–water partition coefficient (Wildman–Crippen LogP) is 1.68. The molecule has 3 nitrogen and oxygen atoms in total. The van der Waals surface area contributed by atoms with Gasteiger partial charge < -0.3 is 10.6 Å². The second kappa shape index (κ2) is 6.11. The Kier molecular flexibility index (Phi) is 5.09. The van der Waals surface area contributed by atoms with Crippen LogP contribution in [0.2, 0.25) is 0 Å². The van der Waals surface area contributed by atoms with E-state index in [0.29, 0.717) is 11.8 Å². The molecule has 0 atom stereocenters. The molecule has 0 aromatic rings. The average Bonchev–Trinajstić information content (AvgIpc) is 2.17. The van der Waals surface area contributed by atoms with E-state index in [1.54, 1.807) is 0 Å². The summed E-state index contributed by atoms with van der Waals surface area (Å²) in [5, 5.41) is 6.21. The van der Waals surface area contributed by atoms with E-state index in [1.807, 2.05) is 0 Å². The zero-order valence-corrected chi connectivity index (χ0v) is 10.1. The lowest BCUT2D eigenvalue weighted by atomic mass is 9.67. The normalized spacial score (nSPS) is 18.3. The van der Waals surface area contributed by atoms with Gasteiger partial charge in [0, 0.05) is 19.5 Å². The number of carbonyl (C=O) groups is 1. The summed E-state index contributed by atoms with van der Waals surface area (Å²) in [6, 6.07) is 0. The molecular weight excluding hydrogens is 188 g/mol. The van der Waals surface area contributed by atoms with Crippen LogP contribution in [0.15, 0.2) is 0 Å². The first-order valence-electron chi connectivity index (χ1n) is 6.20. The van der Waals surface area contributed by atoms with Gasteiger partial charge >= 0.3 is 0 Å². The van der Waals surface area contributed by atoms with Gasteiger partial charge in [0.1, 0.15) is 0 Å². The first-order valence-corrected chi connectivity index (χ1v) is 6.20. The van der Waals surface area contributed by atoms with E-state index < -0.39 is 0 Å². The molecule has 0 heterocycles. The number of rotatable bonds is 7. The Bertz CT molecular complexity index is 194. The molecule has 1 fully saturated rings. The smallest absolute Gasteiger partial charge is 0.221 e. The van der Waals surface area contributed by atoms with Crippen molar-refractivity contribution in [2.24, 2.45) is 5.41 Å². The van der Waals surface area contributed by atoms with E-state index in [0.717, 1.165) is 19.6 Å². The standard InChI is InChI=1S/C12H24N2O/c1-3-12(7-5-8-12)10-14-11(15)6-9-13-4-2/h13H,3-10H2,1-2H3,(H,14,15). The van der Waals surface area contributed by atoms with Crippen LogP contribution in [0.5, 0.6) is 0 Å². The van der Waals surface area contributed by atoms with Gasteiger partial charge in [-0.15, -0.1) is 0 Å². The first kappa shape index (κ1) is 12.5. The fourth-order valence-electron chi connectivity index (χ4n) is 2.09. The summed E-state index contributed by atoms with van der Waals surface area (Å²) in [4.78, 5) is 11.5. The summed E-state index contributed by atoms with van der Waals surface area (Å²) >= 11 is 0. The van der Waals surface area contributed by atoms with Gasteiger partial charge in [-0.2, -0.15) is 0 Å². The van der Waals surface area contributed by atoms with Crippen LogP contribution in [0.4, 0.5) is 0 Å². The highest BCUT2D eigenvalue weighted by Crippen LogP contribution is 2.42. The van der Waals surface area contributed by atoms with Gasteiger partial charge in [0.25, 0.3) is 0 Å². The van der Waals surface area contributed by atoms with Crippen molar-refractivity contribution in [3.8, 4) is 0 Å². The molecule has 0 unspecified atom stereocenters. The zero-order chi connectivity index (χ0) is 11.1. The van der Waals surface area contributed by atoms with E-state index in [2.05, 4.69) is 24.5 Å². The predicted molar refractivity (Wildman–Crippen MR) is 62.7 cm³/mol. The molecule has 3 heteroatoms. The molecule has 0 aliphatic heterocycles. The molecule has 2 N–H and O–H groups in total. The summed E-state index contributed by atoms with van der Waals surface area (Å²) in [6.45, 7) is 6.89. The van der Waals surface area contributed by atoms with Crippen LogP contribution in [0, 0.1) is 5.41 Å². The lowest BCUT2D eigenvalue weighted by molar-refractivity contribution is -0.121. The summed E-state index contributed by atoms with van der Waals surface area (Å²) in [6.07, 6.45) is 5.71. The monoisotopic (exact) mass is 212 g/mol. The van der Waals surface area contributed by atoms with Crippen LogP contribution in [-0.2, 0) is 4.79 Å². The van der Waals surface area contributed by atoms with Crippen LogP contribution >= 0.6 is 0 Å². The Morgan fingerprint density at radius 1 is 1.33 bits per heavy atom. The SMILES string of the molecule is CCNCCC(=O)NCC1(CC)CCC1. The summed E-state index contributed by atoms with van der Waals surface area (Å²) in [5.74, 6) is 0.190. The number of carbonyl (C=O) groups excluding carboxylic acids is 1. The van der Waals surface area contributed by atoms with Crippen LogP contribution in [0.3, 0.4) is 0 Å². The summed E-state index contributed by atoms with van der Waals surface area (Å²) < 4.78 is 0. The molecule has 0 radical (unpaired) electrons. The fraction of sp³-hybridized carbons (Fsp3) is 0.917. The van der Waals surface area contributed by atoms with Crippen molar-refractivity contribution in [1.29, 1.82) is 0 Å². The molecule has 0 bridgehead atoms. The molecule has 1 aliphatic carbocycles. The van der Waals surface area contributed by atoms with Crippen LogP contribution in [0.25, 0.3) is 0 Å². The number of nitrogens with one attached hydrogen (secondary N) is 2. The molecule has 0 spiro atoms. The van der Waals surface area contributed by atoms with Crippen molar-refractivity contribution < 1.29 is 4.79 Å². The van der Waals surface area contributed by atoms with Crippen molar-refractivity contribution in [2.45, 2.75) is 46.0 Å². The molecule has 0 saturated heterocycles. The fourth-order valence-corrected chi connectivity index (χ4v) is 2.09. The highest BCUT2D eigenvalue weighted by Gasteiger charge is 2.34. The van der Waals surface area contributed by atoms with Gasteiger partial charge in [-0.3, -0.25) is 4.79 Å². The Labute approximate surface area is 93.0 Å². The second-order valence-electron chi connectivity index (χ2n) is 4.59. The lowest BCUT2D eigenvalue weighted by Gasteiger charge is -2.41. The Hall–Kier alpha value is -0.570. The third-order valence-corrected chi connectivity index (χ3v) is 3.60. The van der Waals surface area contributed by atoms with Gasteiger partial charge in [-0.05, 0) is 31.2 Å². The quantitative estimate of drug-likeness (QED) is 0.630. The van der Waals surface area contributed by atoms with Crippen LogP contribution in [-0.4, -0.2) is 25.5 Å². The number of hydrogen-bond donors (Lipinski definition) is 2. The minimum absolute atomic E-state index is 0.190. The van der Waals surface area contributed by atoms with Crippen LogP contribution in [0.1, 0.15) is 46.0 Å². The Morgan fingerprint density at radius 2 is 2.07 bits per heavy atom. The van der Waals surface area contributed by atoms with Gasteiger partial charge in [0.05, 0.1) is 0 Å². The third kappa shape index (κ3) is 3.82. The Balaban J connectivity index is 2.10. The van der Waals surface area contributed by atoms with E-state index in [9.17, 15) is 4.79 Å². The lowest BCUT2D eigenvalue weighted by Crippen LogP contribution is -2.42. The zero-order valence-electron chi connectivity index (χ0n) is 10.1. The maximum absolute atomic E-state index is 11.5. The first-order chi connectivity index (χ1) is 7.22. The molecule has 88 valence electrons. The molecule has 1 aliphatic rings. The third-order valence-electron chi connectivity index (χ3n) is 3.60. The molecule has 1 rings (SSSR count). The highest BCUT2D eigenvalue weighted by atomic mass is 16.1.